The van der Waals surface area contributed by atoms with Gasteiger partial charge in [-0.15, -0.1) is 0 Å². The van der Waals surface area contributed by atoms with Crippen molar-refractivity contribution in [1.29, 1.82) is 0 Å². The second-order valence-corrected chi connectivity index (χ2v) is 4.90. The van der Waals surface area contributed by atoms with E-state index in [1.54, 1.807) is 0 Å². The number of aliphatic carboxylic acids is 1. The molecule has 0 amide bonds. The van der Waals surface area contributed by atoms with Gasteiger partial charge >= 0.3 is 12.1 Å². The molecular formula is C13H11F3N2O2. The lowest BCUT2D eigenvalue weighted by Gasteiger charge is -2.17. The molecule has 106 valence electrons. The third-order valence-corrected chi connectivity index (χ3v) is 3.00. The predicted octanol–water partition coefficient (Wildman–Crippen LogP) is 3.01. The van der Waals surface area contributed by atoms with Crippen LogP contribution in [0.25, 0.3) is 10.9 Å². The summed E-state index contributed by atoms with van der Waals surface area (Å²) in [6.07, 6.45) is -3.15. The number of hydrogen-bond donors (Lipinski definition) is 1. The fourth-order valence-corrected chi connectivity index (χ4v) is 1.60. The summed E-state index contributed by atoms with van der Waals surface area (Å²) >= 11 is 0. The molecule has 1 aromatic heterocycles. The minimum absolute atomic E-state index is 0.0307. The monoisotopic (exact) mass is 284 g/mol. The van der Waals surface area contributed by atoms with E-state index in [4.69, 9.17) is 5.11 Å². The van der Waals surface area contributed by atoms with Crippen molar-refractivity contribution in [2.24, 2.45) is 0 Å². The molecule has 0 unspecified atom stereocenters. The molecule has 2 rings (SSSR count). The van der Waals surface area contributed by atoms with Gasteiger partial charge in [0.25, 0.3) is 0 Å². The molecule has 20 heavy (non-hydrogen) atoms. The van der Waals surface area contributed by atoms with Crippen LogP contribution in [-0.4, -0.2) is 21.0 Å². The SMILES string of the molecule is CC(C)(C(=O)O)c1ncc2ccc(C(F)(F)F)cc2n1. The number of carboxylic acids is 1. The van der Waals surface area contributed by atoms with Crippen LogP contribution >= 0.6 is 0 Å². The summed E-state index contributed by atoms with van der Waals surface area (Å²) in [5.74, 6) is -1.18. The van der Waals surface area contributed by atoms with Crippen molar-refractivity contribution in [1.82, 2.24) is 9.97 Å². The third-order valence-electron chi connectivity index (χ3n) is 3.00. The normalized spacial score (nSPS) is 12.7. The molecule has 7 heteroatoms. The Kier molecular flexibility index (Phi) is 3.15. The van der Waals surface area contributed by atoms with Crippen LogP contribution in [0.3, 0.4) is 0 Å². The van der Waals surface area contributed by atoms with Gasteiger partial charge in [-0.3, -0.25) is 4.79 Å². The highest BCUT2D eigenvalue weighted by atomic mass is 19.4. The highest BCUT2D eigenvalue weighted by Crippen LogP contribution is 2.31. The van der Waals surface area contributed by atoms with Gasteiger partial charge in [0.1, 0.15) is 11.2 Å². The Balaban J connectivity index is 2.61. The van der Waals surface area contributed by atoms with Crippen molar-refractivity contribution >= 4 is 16.9 Å². The van der Waals surface area contributed by atoms with Crippen molar-refractivity contribution in [2.45, 2.75) is 25.4 Å². The van der Waals surface area contributed by atoms with Gasteiger partial charge in [-0.2, -0.15) is 13.2 Å². The lowest BCUT2D eigenvalue weighted by Crippen LogP contribution is -2.30. The minimum Gasteiger partial charge on any atom is -0.481 e. The lowest BCUT2D eigenvalue weighted by atomic mass is 9.92. The number of carbonyl (C=O) groups is 1. The van der Waals surface area contributed by atoms with E-state index in [0.717, 1.165) is 12.1 Å². The Bertz CT molecular complexity index is 681. The van der Waals surface area contributed by atoms with E-state index in [0.29, 0.717) is 5.39 Å². The van der Waals surface area contributed by atoms with Crippen LogP contribution in [0, 0.1) is 0 Å². The maximum Gasteiger partial charge on any atom is 0.416 e. The zero-order valence-electron chi connectivity index (χ0n) is 10.7. The van der Waals surface area contributed by atoms with E-state index in [1.165, 1.54) is 26.1 Å². The van der Waals surface area contributed by atoms with E-state index >= 15 is 0 Å². The predicted molar refractivity (Wildman–Crippen MR) is 65.2 cm³/mol. The van der Waals surface area contributed by atoms with Crippen LogP contribution in [-0.2, 0) is 16.4 Å². The summed E-state index contributed by atoms with van der Waals surface area (Å²) in [7, 11) is 0. The number of aromatic nitrogens is 2. The Morgan fingerprint density at radius 1 is 1.25 bits per heavy atom. The first kappa shape index (κ1) is 14.2. The summed E-state index contributed by atoms with van der Waals surface area (Å²) in [6, 6.07) is 3.09. The van der Waals surface area contributed by atoms with Crippen LogP contribution in [0.15, 0.2) is 24.4 Å². The topological polar surface area (TPSA) is 63.1 Å². The second kappa shape index (κ2) is 4.43. The summed E-state index contributed by atoms with van der Waals surface area (Å²) in [4.78, 5) is 19.0. The Morgan fingerprint density at radius 3 is 2.45 bits per heavy atom. The quantitative estimate of drug-likeness (QED) is 0.920. The summed E-state index contributed by atoms with van der Waals surface area (Å²) < 4.78 is 37.9. The molecule has 1 aromatic carbocycles. The van der Waals surface area contributed by atoms with Crippen molar-refractivity contribution < 1.29 is 23.1 Å². The molecule has 0 aliphatic rings. The summed E-state index contributed by atoms with van der Waals surface area (Å²) in [5.41, 5.74) is -2.13. The molecular weight excluding hydrogens is 273 g/mol. The van der Waals surface area contributed by atoms with E-state index in [9.17, 15) is 18.0 Å². The minimum atomic E-state index is -4.47. The number of carboxylic acid groups (broad SMARTS) is 1. The van der Waals surface area contributed by atoms with Crippen LogP contribution < -0.4 is 0 Å². The van der Waals surface area contributed by atoms with E-state index < -0.39 is 23.1 Å². The maximum absolute atomic E-state index is 12.6. The molecule has 1 N–H and O–H groups in total. The number of benzene rings is 1. The summed E-state index contributed by atoms with van der Waals surface area (Å²) in [6.45, 7) is 2.79. The number of rotatable bonds is 2. The Labute approximate surface area is 112 Å². The molecule has 0 saturated carbocycles. The number of hydrogen-bond acceptors (Lipinski definition) is 3. The molecule has 0 spiro atoms. The Hall–Kier alpha value is -2.18. The fraction of sp³-hybridized carbons (Fsp3) is 0.308. The average molecular weight is 284 g/mol. The Morgan fingerprint density at radius 2 is 1.90 bits per heavy atom. The van der Waals surface area contributed by atoms with Gasteiger partial charge in [-0.25, -0.2) is 9.97 Å². The van der Waals surface area contributed by atoms with Gasteiger partial charge in [-0.1, -0.05) is 6.07 Å². The second-order valence-electron chi connectivity index (χ2n) is 4.90. The van der Waals surface area contributed by atoms with Crippen LogP contribution in [0.2, 0.25) is 0 Å². The maximum atomic E-state index is 12.6. The zero-order chi connectivity index (χ0) is 15.1. The van der Waals surface area contributed by atoms with Gasteiger partial charge in [0.15, 0.2) is 0 Å². The van der Waals surface area contributed by atoms with Gasteiger partial charge in [0, 0.05) is 11.6 Å². The van der Waals surface area contributed by atoms with E-state index in [2.05, 4.69) is 9.97 Å². The molecule has 0 saturated heterocycles. The zero-order valence-corrected chi connectivity index (χ0v) is 10.7. The van der Waals surface area contributed by atoms with Crippen molar-refractivity contribution in [3.05, 3.63) is 35.8 Å². The lowest BCUT2D eigenvalue weighted by molar-refractivity contribution is -0.142. The van der Waals surface area contributed by atoms with Crippen molar-refractivity contribution in [2.75, 3.05) is 0 Å². The molecule has 0 atom stereocenters. The molecule has 0 fully saturated rings. The number of fused-ring (bicyclic) bond motifs is 1. The highest BCUT2D eigenvalue weighted by molar-refractivity contribution is 5.82. The van der Waals surface area contributed by atoms with Crippen molar-refractivity contribution in [3.8, 4) is 0 Å². The first-order valence-electron chi connectivity index (χ1n) is 5.70. The van der Waals surface area contributed by atoms with Gasteiger partial charge in [0.05, 0.1) is 11.1 Å². The van der Waals surface area contributed by atoms with E-state index in [-0.39, 0.29) is 11.3 Å². The number of alkyl halides is 3. The molecule has 1 heterocycles. The molecule has 0 bridgehead atoms. The first-order valence-corrected chi connectivity index (χ1v) is 5.70. The largest absolute Gasteiger partial charge is 0.481 e. The molecule has 0 radical (unpaired) electrons. The summed E-state index contributed by atoms with van der Waals surface area (Å²) in [5, 5.41) is 9.51. The average Bonchev–Trinajstić information content (AvgIpc) is 2.36. The van der Waals surface area contributed by atoms with Gasteiger partial charge in [0.2, 0.25) is 0 Å². The first-order chi connectivity index (χ1) is 9.12. The molecule has 0 aliphatic heterocycles. The van der Waals surface area contributed by atoms with Gasteiger partial charge < -0.3 is 5.11 Å². The van der Waals surface area contributed by atoms with Gasteiger partial charge in [-0.05, 0) is 26.0 Å². The van der Waals surface area contributed by atoms with Crippen LogP contribution in [0.4, 0.5) is 13.2 Å². The number of nitrogens with zero attached hydrogens (tertiary/aromatic N) is 2. The van der Waals surface area contributed by atoms with Crippen molar-refractivity contribution in [3.63, 3.8) is 0 Å². The highest BCUT2D eigenvalue weighted by Gasteiger charge is 2.34. The van der Waals surface area contributed by atoms with Crippen LogP contribution in [0.1, 0.15) is 25.2 Å². The fourth-order valence-electron chi connectivity index (χ4n) is 1.60. The standard InChI is InChI=1S/C13H11F3N2O2/c1-12(2,11(19)20)10-17-6-7-3-4-8(13(14,15)16)5-9(7)18-10/h3-6H,1-2H3,(H,19,20). The van der Waals surface area contributed by atoms with Crippen LogP contribution in [0.5, 0.6) is 0 Å². The number of halogens is 3. The molecule has 4 nitrogen and oxygen atoms in total. The molecule has 0 aliphatic carbocycles. The van der Waals surface area contributed by atoms with E-state index in [1.807, 2.05) is 0 Å². The third kappa shape index (κ3) is 2.43. The molecule has 2 aromatic rings. The smallest absolute Gasteiger partial charge is 0.416 e.